The van der Waals surface area contributed by atoms with Gasteiger partial charge >= 0.3 is 5.97 Å². The molecule has 0 bridgehead atoms. The first-order chi connectivity index (χ1) is 16.2. The van der Waals surface area contributed by atoms with Crippen LogP contribution in [0.3, 0.4) is 0 Å². The van der Waals surface area contributed by atoms with E-state index in [9.17, 15) is 9.59 Å². The second-order valence-corrected chi connectivity index (χ2v) is 10.1. The second-order valence-electron chi connectivity index (χ2n) is 10.1. The van der Waals surface area contributed by atoms with Gasteiger partial charge < -0.3 is 15.0 Å². The first-order valence-electron chi connectivity index (χ1n) is 13.5. The lowest BCUT2D eigenvalue weighted by Crippen LogP contribution is -2.53. The SMILES string of the molecule is C=C(NC(C(=O)N(C)C/C=C(\C)C(=O)OCC)C1CCCC1)C1CCCCN1C(C)C.CCC. The summed E-state index contributed by atoms with van der Waals surface area (Å²) in [6.45, 7) is 18.5. The molecule has 0 aromatic carbocycles. The lowest BCUT2D eigenvalue weighted by molar-refractivity contribution is -0.138. The molecule has 2 unspecified atom stereocenters. The molecule has 1 saturated heterocycles. The van der Waals surface area contributed by atoms with Gasteiger partial charge in [-0.25, -0.2) is 4.79 Å². The van der Waals surface area contributed by atoms with E-state index >= 15 is 0 Å². The zero-order chi connectivity index (χ0) is 25.7. The van der Waals surface area contributed by atoms with Gasteiger partial charge in [-0.1, -0.05) is 52.2 Å². The van der Waals surface area contributed by atoms with Gasteiger partial charge in [0.2, 0.25) is 5.91 Å². The maximum Gasteiger partial charge on any atom is 0.333 e. The molecule has 2 fully saturated rings. The van der Waals surface area contributed by atoms with Gasteiger partial charge in [0.1, 0.15) is 6.04 Å². The van der Waals surface area contributed by atoms with Gasteiger partial charge in [0.25, 0.3) is 0 Å². The molecule has 2 atom stereocenters. The van der Waals surface area contributed by atoms with Crippen molar-refractivity contribution in [3.05, 3.63) is 23.9 Å². The molecule has 2 rings (SSSR count). The highest BCUT2D eigenvalue weighted by molar-refractivity contribution is 5.88. The molecule has 6 heteroatoms. The zero-order valence-electron chi connectivity index (χ0n) is 23.0. The Morgan fingerprint density at radius 3 is 2.26 bits per heavy atom. The summed E-state index contributed by atoms with van der Waals surface area (Å²) in [4.78, 5) is 29.5. The number of carbonyl (C=O) groups is 2. The predicted octanol–water partition coefficient (Wildman–Crippen LogP) is 5.30. The fourth-order valence-electron chi connectivity index (χ4n) is 4.84. The van der Waals surface area contributed by atoms with Crippen LogP contribution in [-0.2, 0) is 14.3 Å². The monoisotopic (exact) mass is 477 g/mol. The first kappa shape index (κ1) is 30.2. The predicted molar refractivity (Wildman–Crippen MR) is 141 cm³/mol. The highest BCUT2D eigenvalue weighted by Gasteiger charge is 2.35. The lowest BCUT2D eigenvalue weighted by atomic mass is 9.93. The molecule has 196 valence electrons. The fourth-order valence-corrected chi connectivity index (χ4v) is 4.84. The van der Waals surface area contributed by atoms with Crippen LogP contribution in [0.15, 0.2) is 23.9 Å². The number of likely N-dealkylation sites (N-methyl/N-ethyl adjacent to an activating group) is 1. The molecule has 1 saturated carbocycles. The highest BCUT2D eigenvalue weighted by atomic mass is 16.5. The zero-order valence-corrected chi connectivity index (χ0v) is 23.0. The topological polar surface area (TPSA) is 61.9 Å². The van der Waals surface area contributed by atoms with Crippen LogP contribution in [0.25, 0.3) is 0 Å². The van der Waals surface area contributed by atoms with Crippen molar-refractivity contribution in [3.63, 3.8) is 0 Å². The van der Waals surface area contributed by atoms with Gasteiger partial charge in [-0.05, 0) is 65.8 Å². The molecule has 2 aliphatic rings. The number of amides is 1. The molecule has 6 nitrogen and oxygen atoms in total. The average Bonchev–Trinajstić information content (AvgIpc) is 3.35. The van der Waals surface area contributed by atoms with E-state index < -0.39 is 0 Å². The number of nitrogens with zero attached hydrogens (tertiary/aromatic N) is 2. The maximum absolute atomic E-state index is 13.4. The van der Waals surface area contributed by atoms with E-state index in [4.69, 9.17) is 4.74 Å². The molecule has 34 heavy (non-hydrogen) atoms. The number of carbonyl (C=O) groups excluding carboxylic acids is 2. The normalized spacial score (nSPS) is 20.4. The number of esters is 1. The fraction of sp³-hybridized carbons (Fsp3) is 0.786. The van der Waals surface area contributed by atoms with Crippen LogP contribution in [0.1, 0.15) is 92.9 Å². The lowest BCUT2D eigenvalue weighted by Gasteiger charge is -2.41. The summed E-state index contributed by atoms with van der Waals surface area (Å²) in [5.41, 5.74) is 1.51. The number of piperidine rings is 1. The number of hydrogen-bond donors (Lipinski definition) is 1. The Kier molecular flexibility index (Phi) is 14.2. The Morgan fingerprint density at radius 2 is 1.71 bits per heavy atom. The van der Waals surface area contributed by atoms with E-state index in [1.54, 1.807) is 24.8 Å². The molecular weight excluding hydrogens is 426 g/mol. The van der Waals surface area contributed by atoms with Crippen LogP contribution in [-0.4, -0.2) is 66.5 Å². The van der Waals surface area contributed by atoms with Gasteiger partial charge in [-0.3, -0.25) is 9.69 Å². The summed E-state index contributed by atoms with van der Waals surface area (Å²) in [5.74, 6) is 0.0825. The van der Waals surface area contributed by atoms with Crippen LogP contribution in [0.2, 0.25) is 0 Å². The largest absolute Gasteiger partial charge is 0.463 e. The Balaban J connectivity index is 0.00000182. The summed E-state index contributed by atoms with van der Waals surface area (Å²) in [5, 5.41) is 3.59. The molecule has 1 aliphatic heterocycles. The minimum Gasteiger partial charge on any atom is -0.463 e. The highest BCUT2D eigenvalue weighted by Crippen LogP contribution is 2.30. The summed E-state index contributed by atoms with van der Waals surface area (Å²) < 4.78 is 5.04. The van der Waals surface area contributed by atoms with Gasteiger partial charge in [-0.15, -0.1) is 0 Å². The van der Waals surface area contributed by atoms with Crippen molar-refractivity contribution in [2.24, 2.45) is 5.92 Å². The third-order valence-electron chi connectivity index (χ3n) is 6.73. The molecule has 1 heterocycles. The second kappa shape index (κ2) is 16.0. The number of hydrogen-bond acceptors (Lipinski definition) is 5. The molecule has 0 aromatic rings. The van der Waals surface area contributed by atoms with Crippen molar-refractivity contribution in [2.75, 3.05) is 26.7 Å². The van der Waals surface area contributed by atoms with Crippen molar-refractivity contribution >= 4 is 11.9 Å². The number of rotatable bonds is 10. The molecular formula is C28H51N3O3. The van der Waals surface area contributed by atoms with E-state index in [0.717, 1.165) is 31.5 Å². The molecule has 0 spiro atoms. The third kappa shape index (κ3) is 9.44. The average molecular weight is 478 g/mol. The Hall–Kier alpha value is -1.82. The van der Waals surface area contributed by atoms with Crippen molar-refractivity contribution < 1.29 is 14.3 Å². The number of ether oxygens (including phenoxy) is 1. The molecule has 0 aromatic heterocycles. The molecule has 0 radical (unpaired) electrons. The van der Waals surface area contributed by atoms with Crippen molar-refractivity contribution in [1.82, 2.24) is 15.1 Å². The van der Waals surface area contributed by atoms with Crippen LogP contribution in [0, 0.1) is 5.92 Å². The van der Waals surface area contributed by atoms with E-state index in [-0.39, 0.29) is 24.0 Å². The minimum atomic E-state index is -0.326. The van der Waals surface area contributed by atoms with Crippen LogP contribution in [0.5, 0.6) is 0 Å². The smallest absolute Gasteiger partial charge is 0.333 e. The Bertz CT molecular complexity index is 668. The van der Waals surface area contributed by atoms with E-state index in [0.29, 0.717) is 30.7 Å². The Morgan fingerprint density at radius 1 is 1.12 bits per heavy atom. The van der Waals surface area contributed by atoms with E-state index in [2.05, 4.69) is 44.5 Å². The molecule has 1 N–H and O–H groups in total. The van der Waals surface area contributed by atoms with Crippen molar-refractivity contribution in [3.8, 4) is 0 Å². The summed E-state index contributed by atoms with van der Waals surface area (Å²) in [6, 6.07) is 0.483. The van der Waals surface area contributed by atoms with Crippen molar-refractivity contribution in [1.29, 1.82) is 0 Å². The van der Waals surface area contributed by atoms with Crippen molar-refractivity contribution in [2.45, 2.75) is 111 Å². The Labute approximate surface area is 209 Å². The van der Waals surface area contributed by atoms with Crippen LogP contribution >= 0.6 is 0 Å². The van der Waals surface area contributed by atoms with Gasteiger partial charge in [0, 0.05) is 36.9 Å². The van der Waals surface area contributed by atoms with Gasteiger partial charge in [-0.2, -0.15) is 0 Å². The number of likely N-dealkylation sites (tertiary alicyclic amines) is 1. The van der Waals surface area contributed by atoms with Crippen LogP contribution in [0.4, 0.5) is 0 Å². The van der Waals surface area contributed by atoms with E-state index in [1.807, 2.05) is 7.05 Å². The minimum absolute atomic E-state index is 0.0767. The summed E-state index contributed by atoms with van der Waals surface area (Å²) in [7, 11) is 1.81. The standard InChI is InChI=1S/C25H43N3O3.C3H8/c1-7-31-25(30)19(4)15-17-27(6)24(29)23(21-12-8-9-13-21)26-20(5)22-14-10-11-16-28(22)18(2)3;1-3-2/h15,18,21-23,26H,5,7-14,16-17H2,1-4,6H3;3H2,1-2H3/b19-15+;. The van der Waals surface area contributed by atoms with Gasteiger partial charge in [0.05, 0.1) is 6.61 Å². The summed E-state index contributed by atoms with van der Waals surface area (Å²) >= 11 is 0. The summed E-state index contributed by atoms with van der Waals surface area (Å²) in [6.07, 6.45) is 11.0. The molecule has 1 aliphatic carbocycles. The van der Waals surface area contributed by atoms with E-state index in [1.165, 1.54) is 32.1 Å². The number of nitrogens with one attached hydrogen (secondary N) is 1. The van der Waals surface area contributed by atoms with Crippen LogP contribution < -0.4 is 5.32 Å². The maximum atomic E-state index is 13.4. The molecule has 1 amide bonds. The first-order valence-corrected chi connectivity index (χ1v) is 13.5. The van der Waals surface area contributed by atoms with Gasteiger partial charge in [0.15, 0.2) is 0 Å². The third-order valence-corrected chi connectivity index (χ3v) is 6.73. The quantitative estimate of drug-likeness (QED) is 0.342.